The lowest BCUT2D eigenvalue weighted by atomic mass is 10.1. The van der Waals surface area contributed by atoms with Crippen LogP contribution in [0.2, 0.25) is 0 Å². The van der Waals surface area contributed by atoms with Gasteiger partial charge in [-0.1, -0.05) is 25.1 Å². The van der Waals surface area contributed by atoms with Crippen LogP contribution >= 0.6 is 0 Å². The van der Waals surface area contributed by atoms with E-state index in [2.05, 4.69) is 35.0 Å². The number of pyridine rings is 1. The van der Waals surface area contributed by atoms with Gasteiger partial charge < -0.3 is 5.11 Å². The Morgan fingerprint density at radius 1 is 1.22 bits per heavy atom. The van der Waals surface area contributed by atoms with Gasteiger partial charge in [-0.25, -0.2) is 0 Å². The molecule has 0 aliphatic heterocycles. The van der Waals surface area contributed by atoms with Gasteiger partial charge in [0, 0.05) is 31.3 Å². The average Bonchev–Trinajstić information content (AvgIpc) is 2.43. The molecule has 0 aliphatic carbocycles. The van der Waals surface area contributed by atoms with E-state index in [4.69, 9.17) is 5.11 Å². The molecule has 0 amide bonds. The van der Waals surface area contributed by atoms with Gasteiger partial charge in [0.15, 0.2) is 0 Å². The molecule has 0 atom stereocenters. The fourth-order valence-electron chi connectivity index (χ4n) is 2.18. The Balaban J connectivity index is 2.19. The van der Waals surface area contributed by atoms with E-state index in [1.165, 1.54) is 10.9 Å². The summed E-state index contributed by atoms with van der Waals surface area (Å²) in [5, 5.41) is 10.1. The van der Waals surface area contributed by atoms with Gasteiger partial charge in [0.25, 0.3) is 0 Å². The topological polar surface area (TPSA) is 36.4 Å². The number of para-hydroxylation sites is 1. The van der Waals surface area contributed by atoms with Gasteiger partial charge >= 0.3 is 0 Å². The van der Waals surface area contributed by atoms with Crippen LogP contribution in [-0.4, -0.2) is 34.7 Å². The SMILES string of the molecule is CCN(CCCO)Cc1ccnc2ccccc12. The van der Waals surface area contributed by atoms with Crippen LogP contribution in [0.15, 0.2) is 36.5 Å². The third-order valence-corrected chi connectivity index (χ3v) is 3.21. The summed E-state index contributed by atoms with van der Waals surface area (Å²) in [7, 11) is 0. The van der Waals surface area contributed by atoms with Crippen LogP contribution in [0.3, 0.4) is 0 Å². The quantitative estimate of drug-likeness (QED) is 0.848. The van der Waals surface area contributed by atoms with E-state index in [0.717, 1.165) is 31.6 Å². The van der Waals surface area contributed by atoms with Gasteiger partial charge in [-0.2, -0.15) is 0 Å². The van der Waals surface area contributed by atoms with Crippen molar-refractivity contribution in [2.24, 2.45) is 0 Å². The number of hydrogen-bond acceptors (Lipinski definition) is 3. The largest absolute Gasteiger partial charge is 0.396 e. The van der Waals surface area contributed by atoms with E-state index in [9.17, 15) is 0 Å². The molecule has 3 nitrogen and oxygen atoms in total. The van der Waals surface area contributed by atoms with Gasteiger partial charge in [0.1, 0.15) is 0 Å². The molecule has 0 bridgehead atoms. The molecule has 0 spiro atoms. The second kappa shape index (κ2) is 6.47. The minimum atomic E-state index is 0.258. The predicted octanol–water partition coefficient (Wildman–Crippen LogP) is 2.44. The Labute approximate surface area is 108 Å². The number of rotatable bonds is 6. The van der Waals surface area contributed by atoms with E-state index in [1.54, 1.807) is 0 Å². The van der Waals surface area contributed by atoms with Crippen molar-refractivity contribution in [1.29, 1.82) is 0 Å². The first-order chi connectivity index (χ1) is 8.85. The van der Waals surface area contributed by atoms with Gasteiger partial charge in [-0.3, -0.25) is 9.88 Å². The number of benzene rings is 1. The molecular formula is C15H20N2O. The lowest BCUT2D eigenvalue weighted by molar-refractivity contribution is 0.226. The molecule has 1 N–H and O–H groups in total. The number of nitrogens with zero attached hydrogens (tertiary/aromatic N) is 2. The van der Waals surface area contributed by atoms with Crippen molar-refractivity contribution >= 4 is 10.9 Å². The summed E-state index contributed by atoms with van der Waals surface area (Å²) in [4.78, 5) is 6.72. The zero-order chi connectivity index (χ0) is 12.8. The molecule has 0 aliphatic rings. The first kappa shape index (κ1) is 13.0. The summed E-state index contributed by atoms with van der Waals surface area (Å²) < 4.78 is 0. The van der Waals surface area contributed by atoms with Gasteiger partial charge in [-0.15, -0.1) is 0 Å². The first-order valence-electron chi connectivity index (χ1n) is 6.51. The minimum absolute atomic E-state index is 0.258. The highest BCUT2D eigenvalue weighted by atomic mass is 16.3. The summed E-state index contributed by atoms with van der Waals surface area (Å²) in [6, 6.07) is 10.3. The van der Waals surface area contributed by atoms with Crippen molar-refractivity contribution in [3.05, 3.63) is 42.1 Å². The van der Waals surface area contributed by atoms with Crippen LogP contribution < -0.4 is 0 Å². The highest BCUT2D eigenvalue weighted by Gasteiger charge is 2.06. The van der Waals surface area contributed by atoms with Gasteiger partial charge in [0.05, 0.1) is 5.52 Å². The number of hydrogen-bond donors (Lipinski definition) is 1. The van der Waals surface area contributed by atoms with Crippen molar-refractivity contribution in [2.75, 3.05) is 19.7 Å². The maximum absolute atomic E-state index is 8.91. The van der Waals surface area contributed by atoms with Crippen LogP contribution in [0.5, 0.6) is 0 Å². The maximum atomic E-state index is 8.91. The molecule has 1 aromatic heterocycles. The molecule has 3 heteroatoms. The molecular weight excluding hydrogens is 224 g/mol. The molecule has 2 rings (SSSR count). The van der Waals surface area contributed by atoms with Crippen LogP contribution in [0.25, 0.3) is 10.9 Å². The number of aromatic nitrogens is 1. The molecule has 0 saturated carbocycles. The zero-order valence-corrected chi connectivity index (χ0v) is 10.8. The van der Waals surface area contributed by atoms with E-state index < -0.39 is 0 Å². The van der Waals surface area contributed by atoms with E-state index in [1.807, 2.05) is 18.3 Å². The Bertz CT molecular complexity index is 493. The summed E-state index contributed by atoms with van der Waals surface area (Å²) in [5.41, 5.74) is 2.36. The minimum Gasteiger partial charge on any atom is -0.396 e. The summed E-state index contributed by atoms with van der Waals surface area (Å²) in [6.07, 6.45) is 2.70. The Morgan fingerprint density at radius 3 is 2.83 bits per heavy atom. The van der Waals surface area contributed by atoms with Gasteiger partial charge in [-0.05, 0) is 30.7 Å². The van der Waals surface area contributed by atoms with Crippen LogP contribution in [0, 0.1) is 0 Å². The molecule has 0 saturated heterocycles. The summed E-state index contributed by atoms with van der Waals surface area (Å²) in [5.74, 6) is 0. The lowest BCUT2D eigenvalue weighted by Crippen LogP contribution is -2.24. The van der Waals surface area contributed by atoms with Gasteiger partial charge in [0.2, 0.25) is 0 Å². The number of aliphatic hydroxyl groups excluding tert-OH is 1. The van der Waals surface area contributed by atoms with Crippen molar-refractivity contribution in [2.45, 2.75) is 19.9 Å². The lowest BCUT2D eigenvalue weighted by Gasteiger charge is -2.20. The molecule has 1 heterocycles. The van der Waals surface area contributed by atoms with E-state index in [0.29, 0.717) is 0 Å². The van der Waals surface area contributed by atoms with Crippen molar-refractivity contribution in [1.82, 2.24) is 9.88 Å². The fraction of sp³-hybridized carbons (Fsp3) is 0.400. The fourth-order valence-corrected chi connectivity index (χ4v) is 2.18. The highest BCUT2D eigenvalue weighted by molar-refractivity contribution is 5.81. The Morgan fingerprint density at radius 2 is 2.06 bits per heavy atom. The normalized spacial score (nSPS) is 11.3. The molecule has 18 heavy (non-hydrogen) atoms. The Hall–Kier alpha value is -1.45. The molecule has 2 aromatic rings. The standard InChI is InChI=1S/C15H20N2O/c1-2-17(10-5-11-18)12-13-8-9-16-15-7-4-3-6-14(13)15/h3-4,6-9,18H,2,5,10-12H2,1H3. The molecule has 0 unspecified atom stereocenters. The van der Waals surface area contributed by atoms with E-state index in [-0.39, 0.29) is 6.61 Å². The molecule has 0 radical (unpaired) electrons. The summed E-state index contributed by atoms with van der Waals surface area (Å²) >= 11 is 0. The van der Waals surface area contributed by atoms with Crippen LogP contribution in [-0.2, 0) is 6.54 Å². The Kier molecular flexibility index (Phi) is 4.67. The monoisotopic (exact) mass is 244 g/mol. The third kappa shape index (κ3) is 3.06. The predicted molar refractivity (Wildman–Crippen MR) is 74.4 cm³/mol. The second-order valence-electron chi connectivity index (χ2n) is 4.43. The third-order valence-electron chi connectivity index (χ3n) is 3.21. The summed E-state index contributed by atoms with van der Waals surface area (Å²) in [6.45, 7) is 5.26. The highest BCUT2D eigenvalue weighted by Crippen LogP contribution is 2.17. The smallest absolute Gasteiger partial charge is 0.0705 e. The first-order valence-corrected chi connectivity index (χ1v) is 6.51. The van der Waals surface area contributed by atoms with Crippen molar-refractivity contribution in [3.8, 4) is 0 Å². The van der Waals surface area contributed by atoms with E-state index >= 15 is 0 Å². The van der Waals surface area contributed by atoms with Crippen molar-refractivity contribution < 1.29 is 5.11 Å². The molecule has 96 valence electrons. The molecule has 0 fully saturated rings. The molecule has 1 aromatic carbocycles. The van der Waals surface area contributed by atoms with Crippen LogP contribution in [0.4, 0.5) is 0 Å². The zero-order valence-electron chi connectivity index (χ0n) is 10.8. The van der Waals surface area contributed by atoms with Crippen molar-refractivity contribution in [3.63, 3.8) is 0 Å². The average molecular weight is 244 g/mol. The number of aliphatic hydroxyl groups is 1. The maximum Gasteiger partial charge on any atom is 0.0705 e. The van der Waals surface area contributed by atoms with Crippen LogP contribution in [0.1, 0.15) is 18.9 Å². The second-order valence-corrected chi connectivity index (χ2v) is 4.43. The number of fused-ring (bicyclic) bond motifs is 1.